The standard InChI is InChI=1S/C23H28N4O3/c1-15-13-27(14-16(2)29-15)22-21(25-19-10-6-7-11-20(19)26-22)18(12-24)23(28)30-17-8-4-3-5-9-17/h6-7,10-11,15-18H,3-5,8-9,13-14H2,1-2H3/t15-,16-,18+/m1/s1. The van der Waals surface area contributed by atoms with Gasteiger partial charge in [0, 0.05) is 13.1 Å². The molecule has 0 N–H and O–H groups in total. The van der Waals surface area contributed by atoms with E-state index >= 15 is 0 Å². The molecule has 3 atom stereocenters. The number of hydrogen-bond donors (Lipinski definition) is 0. The lowest BCUT2D eigenvalue weighted by atomic mass is 9.97. The molecule has 158 valence electrons. The van der Waals surface area contributed by atoms with Gasteiger partial charge in [-0.05, 0) is 51.7 Å². The summed E-state index contributed by atoms with van der Waals surface area (Å²) in [6.45, 7) is 5.27. The summed E-state index contributed by atoms with van der Waals surface area (Å²) in [6, 6.07) is 9.66. The van der Waals surface area contributed by atoms with Gasteiger partial charge in [0.25, 0.3) is 0 Å². The van der Waals surface area contributed by atoms with Gasteiger partial charge in [-0.1, -0.05) is 18.6 Å². The third-order valence-electron chi connectivity index (χ3n) is 5.77. The molecule has 1 saturated heterocycles. The molecule has 0 spiro atoms. The van der Waals surface area contributed by atoms with Gasteiger partial charge in [-0.15, -0.1) is 0 Å². The minimum Gasteiger partial charge on any atom is -0.461 e. The number of carbonyl (C=O) groups excluding carboxylic acids is 1. The van der Waals surface area contributed by atoms with Crippen LogP contribution < -0.4 is 4.90 Å². The number of para-hydroxylation sites is 2. The van der Waals surface area contributed by atoms with E-state index in [1.54, 1.807) is 0 Å². The van der Waals surface area contributed by atoms with Crippen LogP contribution in [0.4, 0.5) is 5.82 Å². The molecule has 0 radical (unpaired) electrons. The average Bonchev–Trinajstić information content (AvgIpc) is 2.74. The fraction of sp³-hybridized carbons (Fsp3) is 0.565. The number of hydrogen-bond acceptors (Lipinski definition) is 7. The molecule has 0 bridgehead atoms. The van der Waals surface area contributed by atoms with Crippen molar-refractivity contribution < 1.29 is 14.3 Å². The number of nitriles is 1. The van der Waals surface area contributed by atoms with Gasteiger partial charge in [-0.25, -0.2) is 9.97 Å². The molecule has 0 unspecified atom stereocenters. The van der Waals surface area contributed by atoms with Gasteiger partial charge in [0.1, 0.15) is 11.8 Å². The van der Waals surface area contributed by atoms with Crippen LogP contribution in [-0.4, -0.2) is 47.3 Å². The van der Waals surface area contributed by atoms with Crippen LogP contribution in [0.3, 0.4) is 0 Å². The topological polar surface area (TPSA) is 88.3 Å². The zero-order valence-electron chi connectivity index (χ0n) is 17.6. The number of aromatic nitrogens is 2. The number of carbonyl (C=O) groups is 1. The second kappa shape index (κ2) is 8.97. The van der Waals surface area contributed by atoms with E-state index in [9.17, 15) is 10.1 Å². The molecule has 1 aliphatic heterocycles. The van der Waals surface area contributed by atoms with Crippen molar-refractivity contribution in [2.45, 2.75) is 70.2 Å². The lowest BCUT2D eigenvalue weighted by Crippen LogP contribution is -2.46. The van der Waals surface area contributed by atoms with Gasteiger partial charge >= 0.3 is 5.97 Å². The third kappa shape index (κ3) is 4.39. The van der Waals surface area contributed by atoms with E-state index in [0.717, 1.165) is 31.2 Å². The molecule has 7 heteroatoms. The Morgan fingerprint density at radius 3 is 2.40 bits per heavy atom. The number of morpholine rings is 1. The van der Waals surface area contributed by atoms with Gasteiger partial charge < -0.3 is 14.4 Å². The summed E-state index contributed by atoms with van der Waals surface area (Å²) in [4.78, 5) is 24.6. The predicted octanol–water partition coefficient (Wildman–Crippen LogP) is 3.73. The molecule has 30 heavy (non-hydrogen) atoms. The number of nitrogens with zero attached hydrogens (tertiary/aromatic N) is 4. The van der Waals surface area contributed by atoms with Crippen LogP contribution in [0.25, 0.3) is 11.0 Å². The van der Waals surface area contributed by atoms with Crippen molar-refractivity contribution in [1.29, 1.82) is 5.26 Å². The van der Waals surface area contributed by atoms with E-state index in [1.165, 1.54) is 6.42 Å². The van der Waals surface area contributed by atoms with Crippen molar-refractivity contribution >= 4 is 22.8 Å². The number of rotatable bonds is 4. The van der Waals surface area contributed by atoms with E-state index in [0.29, 0.717) is 30.1 Å². The summed E-state index contributed by atoms with van der Waals surface area (Å²) in [5, 5.41) is 9.92. The second-order valence-corrected chi connectivity index (χ2v) is 8.34. The number of benzene rings is 1. The van der Waals surface area contributed by atoms with Crippen molar-refractivity contribution in [1.82, 2.24) is 9.97 Å². The molecule has 1 aromatic heterocycles. The highest BCUT2D eigenvalue weighted by Gasteiger charge is 2.34. The summed E-state index contributed by atoms with van der Waals surface area (Å²) in [6.07, 6.45) is 4.93. The molecule has 2 aromatic rings. The van der Waals surface area contributed by atoms with Crippen LogP contribution in [0.5, 0.6) is 0 Å². The Morgan fingerprint density at radius 2 is 1.77 bits per heavy atom. The Balaban J connectivity index is 1.71. The van der Waals surface area contributed by atoms with Crippen LogP contribution in [0.2, 0.25) is 0 Å². The van der Waals surface area contributed by atoms with Crippen LogP contribution in [-0.2, 0) is 14.3 Å². The molecule has 1 saturated carbocycles. The molecule has 1 aliphatic carbocycles. The molecule has 0 amide bonds. The largest absolute Gasteiger partial charge is 0.461 e. The van der Waals surface area contributed by atoms with Crippen LogP contribution in [0, 0.1) is 11.3 Å². The quantitative estimate of drug-likeness (QED) is 0.712. The summed E-state index contributed by atoms with van der Waals surface area (Å²) in [5.41, 5.74) is 1.77. The highest BCUT2D eigenvalue weighted by Crippen LogP contribution is 2.31. The van der Waals surface area contributed by atoms with Crippen molar-refractivity contribution in [3.8, 4) is 6.07 Å². The Labute approximate surface area is 177 Å². The van der Waals surface area contributed by atoms with E-state index in [4.69, 9.17) is 19.4 Å². The number of esters is 1. The zero-order chi connectivity index (χ0) is 21.1. The highest BCUT2D eigenvalue weighted by atomic mass is 16.5. The maximum atomic E-state index is 13.0. The smallest absolute Gasteiger partial charge is 0.329 e. The van der Waals surface area contributed by atoms with Crippen molar-refractivity contribution in [3.63, 3.8) is 0 Å². The van der Waals surface area contributed by atoms with Gasteiger partial charge in [0.2, 0.25) is 0 Å². The lowest BCUT2D eigenvalue weighted by molar-refractivity contribution is -0.150. The number of fused-ring (bicyclic) bond motifs is 1. The first kappa shape index (κ1) is 20.5. The molecule has 2 aliphatic rings. The van der Waals surface area contributed by atoms with E-state index < -0.39 is 11.9 Å². The SMILES string of the molecule is C[C@@H]1CN(c2nc3ccccc3nc2[C@H](C#N)C(=O)OC2CCCCC2)C[C@@H](C)O1. The number of anilines is 1. The highest BCUT2D eigenvalue weighted by molar-refractivity contribution is 5.85. The zero-order valence-corrected chi connectivity index (χ0v) is 17.6. The molecule has 2 heterocycles. The molecule has 1 aromatic carbocycles. The first-order valence-electron chi connectivity index (χ1n) is 10.8. The lowest BCUT2D eigenvalue weighted by Gasteiger charge is -2.37. The minimum absolute atomic E-state index is 0.0181. The first-order valence-corrected chi connectivity index (χ1v) is 10.8. The second-order valence-electron chi connectivity index (χ2n) is 8.34. The number of ether oxygens (including phenoxy) is 2. The maximum absolute atomic E-state index is 13.0. The molecule has 2 fully saturated rings. The molecular formula is C23H28N4O3. The van der Waals surface area contributed by atoms with Gasteiger partial charge in [-0.2, -0.15) is 5.26 Å². The Hall–Kier alpha value is -2.72. The van der Waals surface area contributed by atoms with Crippen molar-refractivity contribution in [3.05, 3.63) is 30.0 Å². The van der Waals surface area contributed by atoms with E-state index in [1.807, 2.05) is 38.1 Å². The molecule has 4 rings (SSSR count). The monoisotopic (exact) mass is 408 g/mol. The van der Waals surface area contributed by atoms with Crippen LogP contribution in [0.15, 0.2) is 24.3 Å². The Morgan fingerprint density at radius 1 is 1.13 bits per heavy atom. The predicted molar refractivity (Wildman–Crippen MR) is 113 cm³/mol. The summed E-state index contributed by atoms with van der Waals surface area (Å²) in [5.74, 6) is -1.06. The minimum atomic E-state index is -1.10. The van der Waals surface area contributed by atoms with Gasteiger partial charge in [-0.3, -0.25) is 4.79 Å². The molecule has 7 nitrogen and oxygen atoms in total. The summed E-state index contributed by atoms with van der Waals surface area (Å²) in [7, 11) is 0. The first-order chi connectivity index (χ1) is 14.5. The summed E-state index contributed by atoms with van der Waals surface area (Å²) >= 11 is 0. The van der Waals surface area contributed by atoms with Crippen LogP contribution in [0.1, 0.15) is 57.6 Å². The van der Waals surface area contributed by atoms with E-state index in [-0.39, 0.29) is 18.3 Å². The fourth-order valence-corrected chi connectivity index (χ4v) is 4.42. The van der Waals surface area contributed by atoms with Crippen molar-refractivity contribution in [2.24, 2.45) is 0 Å². The van der Waals surface area contributed by atoms with Gasteiger partial charge in [0.15, 0.2) is 11.7 Å². The van der Waals surface area contributed by atoms with Gasteiger partial charge in [0.05, 0.1) is 29.3 Å². The fourth-order valence-electron chi connectivity index (χ4n) is 4.42. The molecular weight excluding hydrogens is 380 g/mol. The maximum Gasteiger partial charge on any atom is 0.329 e. The average molecular weight is 409 g/mol. The summed E-state index contributed by atoms with van der Waals surface area (Å²) < 4.78 is 11.6. The third-order valence-corrected chi connectivity index (χ3v) is 5.77. The Bertz CT molecular complexity index is 941. The van der Waals surface area contributed by atoms with E-state index in [2.05, 4.69) is 11.0 Å². The normalized spacial score (nSPS) is 23.7. The Kier molecular flexibility index (Phi) is 6.14. The van der Waals surface area contributed by atoms with Crippen LogP contribution >= 0.6 is 0 Å². The van der Waals surface area contributed by atoms with Crippen molar-refractivity contribution in [2.75, 3.05) is 18.0 Å².